The summed E-state index contributed by atoms with van der Waals surface area (Å²) in [6.07, 6.45) is 1.65. The standard InChI is InChI=1S/C17H22O5/c1-12-5-7-14(8-6-12)11-17(10-9-13(2)18)15(3)19-21-16(17,4)22-20-15/h5-8H,9-11H2,1-4H3. The molecule has 1 aromatic rings. The third-order valence-corrected chi connectivity index (χ3v) is 4.99. The fraction of sp³-hybridized carbons (Fsp3) is 0.588. The van der Waals surface area contributed by atoms with E-state index in [4.69, 9.17) is 19.6 Å². The lowest BCUT2D eigenvalue weighted by Gasteiger charge is -2.35. The molecule has 2 fully saturated rings. The van der Waals surface area contributed by atoms with Crippen molar-refractivity contribution in [2.75, 3.05) is 0 Å². The molecule has 0 aliphatic carbocycles. The van der Waals surface area contributed by atoms with Gasteiger partial charge in [-0.3, -0.25) is 0 Å². The number of fused-ring (bicyclic) bond motifs is 2. The Morgan fingerprint density at radius 2 is 1.50 bits per heavy atom. The maximum Gasteiger partial charge on any atom is 0.242 e. The van der Waals surface area contributed by atoms with Crippen LogP contribution < -0.4 is 0 Å². The molecule has 0 amide bonds. The molecule has 5 heteroatoms. The predicted molar refractivity (Wildman–Crippen MR) is 78.4 cm³/mol. The molecule has 1 aromatic carbocycles. The third kappa shape index (κ3) is 2.20. The van der Waals surface area contributed by atoms with Crippen LogP contribution in [-0.2, 0) is 30.8 Å². The van der Waals surface area contributed by atoms with Crippen molar-refractivity contribution in [3.63, 3.8) is 0 Å². The van der Waals surface area contributed by atoms with Crippen LogP contribution in [0.2, 0.25) is 0 Å². The summed E-state index contributed by atoms with van der Waals surface area (Å²) in [7, 11) is 0. The molecule has 0 N–H and O–H groups in total. The number of benzene rings is 1. The molecule has 22 heavy (non-hydrogen) atoms. The first-order valence-electron chi connectivity index (χ1n) is 7.59. The van der Waals surface area contributed by atoms with Crippen molar-refractivity contribution in [3.05, 3.63) is 35.4 Å². The number of Topliss-reactive ketones (excluding diaryl/α,β-unsaturated/α-hetero) is 1. The fourth-order valence-corrected chi connectivity index (χ4v) is 3.38. The average molecular weight is 306 g/mol. The molecule has 0 saturated carbocycles. The highest BCUT2D eigenvalue weighted by molar-refractivity contribution is 5.75. The minimum atomic E-state index is -1.03. The van der Waals surface area contributed by atoms with Crippen LogP contribution in [0.3, 0.4) is 0 Å². The number of hydrogen-bond donors (Lipinski definition) is 0. The second-order valence-electron chi connectivity index (χ2n) is 6.67. The minimum absolute atomic E-state index is 0.127. The fourth-order valence-electron chi connectivity index (χ4n) is 3.38. The Bertz CT molecular complexity index is 551. The van der Waals surface area contributed by atoms with Gasteiger partial charge in [-0.15, -0.1) is 0 Å². The topological polar surface area (TPSA) is 54.0 Å². The van der Waals surface area contributed by atoms with Gasteiger partial charge in [0.05, 0.1) is 5.41 Å². The van der Waals surface area contributed by atoms with E-state index in [1.54, 1.807) is 20.8 Å². The van der Waals surface area contributed by atoms with Crippen molar-refractivity contribution in [2.24, 2.45) is 5.41 Å². The summed E-state index contributed by atoms with van der Waals surface area (Å²) in [6, 6.07) is 8.29. The number of hydrogen-bond acceptors (Lipinski definition) is 5. The van der Waals surface area contributed by atoms with Gasteiger partial charge in [-0.25, -0.2) is 0 Å². The van der Waals surface area contributed by atoms with Gasteiger partial charge < -0.3 is 4.79 Å². The zero-order valence-corrected chi connectivity index (χ0v) is 13.5. The highest BCUT2D eigenvalue weighted by atomic mass is 17.4. The summed E-state index contributed by atoms with van der Waals surface area (Å²) < 4.78 is 0. The molecule has 2 heterocycles. The lowest BCUT2D eigenvalue weighted by molar-refractivity contribution is -0.583. The summed E-state index contributed by atoms with van der Waals surface area (Å²) in [6.45, 7) is 7.25. The van der Waals surface area contributed by atoms with Gasteiger partial charge in [0.25, 0.3) is 0 Å². The molecule has 0 atom stereocenters. The molecule has 2 aliphatic rings. The maximum absolute atomic E-state index is 11.5. The van der Waals surface area contributed by atoms with E-state index in [1.807, 2.05) is 0 Å². The lowest BCUT2D eigenvalue weighted by Crippen LogP contribution is -2.49. The third-order valence-electron chi connectivity index (χ3n) is 4.99. The van der Waals surface area contributed by atoms with Gasteiger partial charge in [-0.1, -0.05) is 29.8 Å². The molecule has 2 saturated heterocycles. The number of carbonyl (C=O) groups excluding carboxylic acids is 1. The van der Waals surface area contributed by atoms with Crippen molar-refractivity contribution >= 4 is 5.78 Å². The number of rotatable bonds is 5. The zero-order chi connectivity index (χ0) is 16.0. The molecule has 3 rings (SSSR count). The van der Waals surface area contributed by atoms with Crippen LogP contribution in [0.1, 0.15) is 44.7 Å². The summed E-state index contributed by atoms with van der Waals surface area (Å²) in [5.41, 5.74) is 1.75. The largest absolute Gasteiger partial charge is 0.300 e. The molecular weight excluding hydrogens is 284 g/mol. The first-order chi connectivity index (χ1) is 10.3. The van der Waals surface area contributed by atoms with Crippen molar-refractivity contribution in [2.45, 2.75) is 58.5 Å². The van der Waals surface area contributed by atoms with Crippen molar-refractivity contribution < 1.29 is 24.3 Å². The molecule has 0 spiro atoms. The summed E-state index contributed by atoms with van der Waals surface area (Å²) in [5.74, 6) is -1.92. The van der Waals surface area contributed by atoms with Crippen molar-refractivity contribution in [3.8, 4) is 0 Å². The first kappa shape index (κ1) is 15.6. The van der Waals surface area contributed by atoms with Crippen LogP contribution in [0.5, 0.6) is 0 Å². The molecule has 5 nitrogen and oxygen atoms in total. The van der Waals surface area contributed by atoms with Crippen LogP contribution in [0.4, 0.5) is 0 Å². The van der Waals surface area contributed by atoms with E-state index < -0.39 is 17.0 Å². The SMILES string of the molecule is CC(=O)CCC1(Cc2ccc(C)cc2)C2(C)OOC1(C)OO2. The highest BCUT2D eigenvalue weighted by Gasteiger charge is 2.76. The Morgan fingerprint density at radius 1 is 1.00 bits per heavy atom. The van der Waals surface area contributed by atoms with Gasteiger partial charge in [0, 0.05) is 6.42 Å². The molecule has 2 bridgehead atoms. The quantitative estimate of drug-likeness (QED) is 0.782. The summed E-state index contributed by atoms with van der Waals surface area (Å²) in [4.78, 5) is 33.2. The van der Waals surface area contributed by atoms with Crippen molar-refractivity contribution in [1.29, 1.82) is 0 Å². The summed E-state index contributed by atoms with van der Waals surface area (Å²) >= 11 is 0. The van der Waals surface area contributed by atoms with E-state index in [9.17, 15) is 4.79 Å². The number of ketones is 1. The van der Waals surface area contributed by atoms with E-state index in [0.29, 0.717) is 19.3 Å². The minimum Gasteiger partial charge on any atom is -0.300 e. The summed E-state index contributed by atoms with van der Waals surface area (Å²) in [5, 5.41) is 0. The van der Waals surface area contributed by atoms with E-state index in [2.05, 4.69) is 31.2 Å². The van der Waals surface area contributed by atoms with Crippen LogP contribution in [0.25, 0.3) is 0 Å². The second kappa shape index (κ2) is 5.13. The molecule has 0 radical (unpaired) electrons. The second-order valence-corrected chi connectivity index (χ2v) is 6.67. The monoisotopic (exact) mass is 306 g/mol. The van der Waals surface area contributed by atoms with E-state index in [1.165, 1.54) is 5.56 Å². The normalized spacial score (nSPS) is 36.7. The first-order valence-corrected chi connectivity index (χ1v) is 7.59. The molecular formula is C17H22O5. The number of carbonyl (C=O) groups is 1. The Kier molecular flexibility index (Phi) is 3.64. The van der Waals surface area contributed by atoms with Gasteiger partial charge in [-0.05, 0) is 46.1 Å². The predicted octanol–water partition coefficient (Wildman–Crippen LogP) is 3.25. The smallest absolute Gasteiger partial charge is 0.242 e. The van der Waals surface area contributed by atoms with Gasteiger partial charge in [0.2, 0.25) is 11.6 Å². The zero-order valence-electron chi connectivity index (χ0n) is 13.5. The molecule has 2 aliphatic heterocycles. The van der Waals surface area contributed by atoms with E-state index in [0.717, 1.165) is 5.56 Å². The Labute approximate surface area is 130 Å². The van der Waals surface area contributed by atoms with E-state index >= 15 is 0 Å². The van der Waals surface area contributed by atoms with Gasteiger partial charge in [0.1, 0.15) is 5.78 Å². The Balaban J connectivity index is 1.97. The van der Waals surface area contributed by atoms with E-state index in [-0.39, 0.29) is 5.78 Å². The maximum atomic E-state index is 11.5. The highest BCUT2D eigenvalue weighted by Crippen LogP contribution is 2.62. The van der Waals surface area contributed by atoms with Crippen LogP contribution in [0, 0.1) is 12.3 Å². The van der Waals surface area contributed by atoms with Gasteiger partial charge in [0.15, 0.2) is 0 Å². The molecule has 0 aromatic heterocycles. The number of aryl methyl sites for hydroxylation is 1. The van der Waals surface area contributed by atoms with Crippen molar-refractivity contribution in [1.82, 2.24) is 0 Å². The average Bonchev–Trinajstić information content (AvgIpc) is 2.81. The Morgan fingerprint density at radius 3 is 1.95 bits per heavy atom. The lowest BCUT2D eigenvalue weighted by atomic mass is 9.67. The van der Waals surface area contributed by atoms with Crippen LogP contribution in [0.15, 0.2) is 24.3 Å². The van der Waals surface area contributed by atoms with Gasteiger partial charge in [-0.2, -0.15) is 19.6 Å². The molecule has 120 valence electrons. The van der Waals surface area contributed by atoms with Crippen LogP contribution >= 0.6 is 0 Å². The molecule has 0 unspecified atom stereocenters. The van der Waals surface area contributed by atoms with Gasteiger partial charge >= 0.3 is 0 Å². The van der Waals surface area contributed by atoms with Crippen LogP contribution in [-0.4, -0.2) is 17.4 Å². The Hall–Kier alpha value is -1.27.